The van der Waals surface area contributed by atoms with Gasteiger partial charge in [0, 0.05) is 42.0 Å². The van der Waals surface area contributed by atoms with Crippen LogP contribution in [0.2, 0.25) is 0 Å². The number of nitrogens with one attached hydrogen (secondary N) is 2. The highest BCUT2D eigenvalue weighted by Crippen LogP contribution is 2.28. The molecule has 2 aromatic carbocycles. The molecule has 0 radical (unpaired) electrons. The minimum Gasteiger partial charge on any atom is -0.357 e. The number of aromatic nitrogens is 3. The summed E-state index contributed by atoms with van der Waals surface area (Å²) in [7, 11) is 0. The maximum absolute atomic E-state index is 8.78. The third-order valence-electron chi connectivity index (χ3n) is 5.72. The molecule has 0 aliphatic carbocycles. The van der Waals surface area contributed by atoms with Crippen LogP contribution in [0.3, 0.4) is 0 Å². The van der Waals surface area contributed by atoms with Gasteiger partial charge in [0.2, 0.25) is 0 Å². The molecule has 1 aliphatic heterocycles. The van der Waals surface area contributed by atoms with E-state index in [-0.39, 0.29) is 0 Å². The van der Waals surface area contributed by atoms with Crippen LogP contribution in [0.5, 0.6) is 0 Å². The smallest absolute Gasteiger partial charge is 0.128 e. The van der Waals surface area contributed by atoms with Gasteiger partial charge in [-0.25, -0.2) is 0 Å². The molecule has 5 heteroatoms. The molecule has 4 aromatic rings. The molecule has 0 amide bonds. The molecule has 5 rings (SSSR count). The lowest BCUT2D eigenvalue weighted by Crippen LogP contribution is -2.35. The molecule has 3 heterocycles. The average molecular weight is 381 g/mol. The topological polar surface area (TPSA) is 68.7 Å². The molecule has 0 unspecified atom stereocenters. The van der Waals surface area contributed by atoms with E-state index in [4.69, 9.17) is 5.41 Å². The largest absolute Gasteiger partial charge is 0.357 e. The summed E-state index contributed by atoms with van der Waals surface area (Å²) in [5, 5.41) is 16.7. The van der Waals surface area contributed by atoms with E-state index in [9.17, 15) is 0 Å². The Bertz CT molecular complexity index is 1140. The number of H-pyrrole nitrogens is 1. The zero-order valence-corrected chi connectivity index (χ0v) is 16.2. The van der Waals surface area contributed by atoms with Crippen molar-refractivity contribution in [3.8, 4) is 22.3 Å². The summed E-state index contributed by atoms with van der Waals surface area (Å²) < 4.78 is 0. The van der Waals surface area contributed by atoms with Gasteiger partial charge in [0.15, 0.2) is 0 Å². The first-order chi connectivity index (χ1) is 14.3. The van der Waals surface area contributed by atoms with E-state index >= 15 is 0 Å². The molecule has 1 saturated heterocycles. The maximum atomic E-state index is 8.78. The number of amidine groups is 1. The summed E-state index contributed by atoms with van der Waals surface area (Å²) in [6.07, 6.45) is 9.14. The second-order valence-electron chi connectivity index (χ2n) is 7.55. The third-order valence-corrected chi connectivity index (χ3v) is 5.72. The van der Waals surface area contributed by atoms with Gasteiger partial charge in [-0.15, -0.1) is 0 Å². The van der Waals surface area contributed by atoms with Crippen molar-refractivity contribution < 1.29 is 0 Å². The minimum absolute atomic E-state index is 0.615. The Hall–Kier alpha value is -3.47. The van der Waals surface area contributed by atoms with Crippen LogP contribution in [0, 0.1) is 5.41 Å². The summed E-state index contributed by atoms with van der Waals surface area (Å²) in [4.78, 5) is 6.73. The van der Waals surface area contributed by atoms with Crippen molar-refractivity contribution in [3.05, 3.63) is 72.7 Å². The molecule has 1 aliphatic rings. The monoisotopic (exact) mass is 381 g/mol. The van der Waals surface area contributed by atoms with Gasteiger partial charge < -0.3 is 4.90 Å². The van der Waals surface area contributed by atoms with E-state index in [1.165, 1.54) is 19.3 Å². The Labute approximate surface area is 169 Å². The van der Waals surface area contributed by atoms with Gasteiger partial charge in [0.1, 0.15) is 5.84 Å². The molecular weight excluding hydrogens is 358 g/mol. The van der Waals surface area contributed by atoms with Gasteiger partial charge in [-0.3, -0.25) is 15.5 Å². The number of fused-ring (bicyclic) bond motifs is 1. The predicted octanol–water partition coefficient (Wildman–Crippen LogP) is 5.10. The van der Waals surface area contributed by atoms with Gasteiger partial charge in [0.25, 0.3) is 0 Å². The standard InChI is InChI=1S/C24H23N5/c25-24(29-12-2-1-3-13-29)21-10-11-26-23-9-8-19(14-22(21)23)17-4-6-18(7-5-17)20-15-27-28-16-20/h4-11,14-16,25H,1-3,12-13H2,(H,27,28). The zero-order valence-electron chi connectivity index (χ0n) is 16.2. The van der Waals surface area contributed by atoms with Crippen molar-refractivity contribution >= 4 is 16.7 Å². The number of aromatic amines is 1. The van der Waals surface area contributed by atoms with Gasteiger partial charge in [-0.05, 0) is 54.2 Å². The van der Waals surface area contributed by atoms with Crippen LogP contribution in [0.15, 0.2) is 67.1 Å². The van der Waals surface area contributed by atoms with Gasteiger partial charge in [-0.2, -0.15) is 5.10 Å². The van der Waals surface area contributed by atoms with E-state index in [0.717, 1.165) is 51.8 Å². The van der Waals surface area contributed by atoms with Gasteiger partial charge in [-0.1, -0.05) is 30.3 Å². The molecule has 144 valence electrons. The summed E-state index contributed by atoms with van der Waals surface area (Å²) in [5.74, 6) is 0.615. The van der Waals surface area contributed by atoms with Crippen molar-refractivity contribution in [3.63, 3.8) is 0 Å². The molecule has 5 nitrogen and oxygen atoms in total. The highest BCUT2D eigenvalue weighted by molar-refractivity contribution is 6.08. The summed E-state index contributed by atoms with van der Waals surface area (Å²) in [5.41, 5.74) is 6.40. The van der Waals surface area contributed by atoms with Crippen molar-refractivity contribution in [1.82, 2.24) is 20.1 Å². The van der Waals surface area contributed by atoms with E-state index < -0.39 is 0 Å². The average Bonchev–Trinajstić information content (AvgIpc) is 3.34. The first-order valence-corrected chi connectivity index (χ1v) is 10.1. The Morgan fingerprint density at radius 1 is 0.862 bits per heavy atom. The highest BCUT2D eigenvalue weighted by atomic mass is 15.2. The zero-order chi connectivity index (χ0) is 19.6. The fraction of sp³-hybridized carbons (Fsp3) is 0.208. The van der Waals surface area contributed by atoms with Crippen molar-refractivity contribution in [2.45, 2.75) is 19.3 Å². The van der Waals surface area contributed by atoms with Crippen LogP contribution in [0.1, 0.15) is 24.8 Å². The van der Waals surface area contributed by atoms with Crippen LogP contribution >= 0.6 is 0 Å². The van der Waals surface area contributed by atoms with E-state index in [0.29, 0.717) is 5.84 Å². The Kier molecular flexibility index (Phi) is 4.56. The van der Waals surface area contributed by atoms with Crippen LogP contribution in [-0.2, 0) is 0 Å². The Balaban J connectivity index is 1.51. The SMILES string of the molecule is N=C(c1ccnc2ccc(-c3ccc(-c4cn[nH]c4)cc3)cc12)N1CCCCC1. The molecule has 0 atom stereocenters. The number of hydrogen-bond donors (Lipinski definition) is 2. The van der Waals surface area contributed by atoms with E-state index in [1.54, 1.807) is 0 Å². The molecule has 29 heavy (non-hydrogen) atoms. The molecule has 0 saturated carbocycles. The fourth-order valence-corrected chi connectivity index (χ4v) is 4.08. The van der Waals surface area contributed by atoms with E-state index in [2.05, 4.69) is 62.5 Å². The second-order valence-corrected chi connectivity index (χ2v) is 7.55. The number of piperidine rings is 1. The molecule has 0 spiro atoms. The highest BCUT2D eigenvalue weighted by Gasteiger charge is 2.17. The molecule has 2 aromatic heterocycles. The Morgan fingerprint density at radius 3 is 2.31 bits per heavy atom. The lowest BCUT2D eigenvalue weighted by atomic mass is 9.98. The number of likely N-dealkylation sites (tertiary alicyclic amines) is 1. The van der Waals surface area contributed by atoms with Crippen LogP contribution < -0.4 is 0 Å². The Morgan fingerprint density at radius 2 is 1.59 bits per heavy atom. The maximum Gasteiger partial charge on any atom is 0.128 e. The normalized spacial score (nSPS) is 14.3. The van der Waals surface area contributed by atoms with Crippen LogP contribution in [-0.4, -0.2) is 39.0 Å². The second kappa shape index (κ2) is 7.51. The quantitative estimate of drug-likeness (QED) is 0.383. The van der Waals surface area contributed by atoms with E-state index in [1.807, 2.05) is 24.7 Å². The predicted molar refractivity (Wildman–Crippen MR) is 117 cm³/mol. The summed E-state index contributed by atoms with van der Waals surface area (Å²) >= 11 is 0. The first kappa shape index (κ1) is 17.6. The first-order valence-electron chi connectivity index (χ1n) is 10.1. The molecule has 1 fully saturated rings. The number of benzene rings is 2. The van der Waals surface area contributed by atoms with Crippen molar-refractivity contribution in [1.29, 1.82) is 5.41 Å². The lowest BCUT2D eigenvalue weighted by Gasteiger charge is -2.29. The molecule has 0 bridgehead atoms. The number of pyridine rings is 1. The van der Waals surface area contributed by atoms with Gasteiger partial charge >= 0.3 is 0 Å². The van der Waals surface area contributed by atoms with Crippen molar-refractivity contribution in [2.24, 2.45) is 0 Å². The number of nitrogens with zero attached hydrogens (tertiary/aromatic N) is 3. The lowest BCUT2D eigenvalue weighted by molar-refractivity contribution is 0.341. The van der Waals surface area contributed by atoms with Crippen LogP contribution in [0.25, 0.3) is 33.2 Å². The molecule has 2 N–H and O–H groups in total. The summed E-state index contributed by atoms with van der Waals surface area (Å²) in [6.45, 7) is 1.94. The third kappa shape index (κ3) is 3.40. The number of hydrogen-bond acceptors (Lipinski definition) is 3. The van der Waals surface area contributed by atoms with Crippen molar-refractivity contribution in [2.75, 3.05) is 13.1 Å². The van der Waals surface area contributed by atoms with Crippen LogP contribution in [0.4, 0.5) is 0 Å². The summed E-state index contributed by atoms with van der Waals surface area (Å²) in [6, 6.07) is 16.8. The van der Waals surface area contributed by atoms with Gasteiger partial charge in [0.05, 0.1) is 11.7 Å². The molecular formula is C24H23N5. The number of rotatable bonds is 3. The fourth-order valence-electron chi connectivity index (χ4n) is 4.08. The minimum atomic E-state index is 0.615.